The maximum absolute atomic E-state index is 11.6. The van der Waals surface area contributed by atoms with Crippen molar-refractivity contribution in [2.24, 2.45) is 0 Å². The summed E-state index contributed by atoms with van der Waals surface area (Å²) in [4.78, 5) is 15.4. The number of thiol groups is 1. The molecular weight excluding hydrogens is 184 g/mol. The normalized spacial score (nSPS) is 23.7. The van der Waals surface area contributed by atoms with E-state index in [4.69, 9.17) is 0 Å². The van der Waals surface area contributed by atoms with Gasteiger partial charge in [-0.3, -0.25) is 4.79 Å². The van der Waals surface area contributed by atoms with E-state index in [9.17, 15) is 4.79 Å². The summed E-state index contributed by atoms with van der Waals surface area (Å²) >= 11 is 4.40. The number of likely N-dealkylation sites (N-methyl/N-ethyl adjacent to an activating group) is 1. The molecule has 1 amide bonds. The lowest BCUT2D eigenvalue weighted by Crippen LogP contribution is -2.44. The van der Waals surface area contributed by atoms with E-state index >= 15 is 0 Å². The van der Waals surface area contributed by atoms with E-state index in [2.05, 4.69) is 12.6 Å². The molecule has 0 radical (unpaired) electrons. The summed E-state index contributed by atoms with van der Waals surface area (Å²) in [5.74, 6) is 0.226. The first-order valence-electron chi connectivity index (χ1n) is 4.70. The molecule has 0 aromatic carbocycles. The predicted octanol–water partition coefficient (Wildman–Crippen LogP) is 0.469. The zero-order valence-corrected chi connectivity index (χ0v) is 9.26. The molecule has 0 bridgehead atoms. The van der Waals surface area contributed by atoms with Crippen LogP contribution in [0.5, 0.6) is 0 Å². The third-order valence-electron chi connectivity index (χ3n) is 2.20. The van der Waals surface area contributed by atoms with Crippen LogP contribution in [0.1, 0.15) is 12.8 Å². The third-order valence-corrected chi connectivity index (χ3v) is 2.62. The number of piperidine rings is 1. The Labute approximate surface area is 85.5 Å². The van der Waals surface area contributed by atoms with Crippen molar-refractivity contribution in [3.63, 3.8) is 0 Å². The van der Waals surface area contributed by atoms with Crippen LogP contribution in [-0.4, -0.2) is 54.7 Å². The van der Waals surface area contributed by atoms with E-state index in [-0.39, 0.29) is 5.91 Å². The van der Waals surface area contributed by atoms with Gasteiger partial charge >= 0.3 is 0 Å². The van der Waals surface area contributed by atoms with Crippen LogP contribution in [0.3, 0.4) is 0 Å². The SMILES string of the molecule is CN(C)CC(=O)N1CCCC(S)C1. The molecule has 1 saturated heterocycles. The van der Waals surface area contributed by atoms with Gasteiger partial charge in [0.25, 0.3) is 0 Å². The molecule has 0 aliphatic carbocycles. The maximum Gasteiger partial charge on any atom is 0.236 e. The van der Waals surface area contributed by atoms with Crippen LogP contribution in [-0.2, 0) is 4.79 Å². The van der Waals surface area contributed by atoms with Crippen LogP contribution in [0.25, 0.3) is 0 Å². The van der Waals surface area contributed by atoms with Crippen LogP contribution >= 0.6 is 12.6 Å². The van der Waals surface area contributed by atoms with Gasteiger partial charge in [0, 0.05) is 18.3 Å². The zero-order valence-electron chi connectivity index (χ0n) is 8.36. The molecule has 0 N–H and O–H groups in total. The van der Waals surface area contributed by atoms with Crippen molar-refractivity contribution in [2.45, 2.75) is 18.1 Å². The molecular formula is C9H18N2OS. The fraction of sp³-hybridized carbons (Fsp3) is 0.889. The number of hydrogen-bond acceptors (Lipinski definition) is 3. The van der Waals surface area contributed by atoms with Crippen molar-refractivity contribution in [1.82, 2.24) is 9.80 Å². The molecule has 1 unspecified atom stereocenters. The summed E-state index contributed by atoms with van der Waals surface area (Å²) in [6.45, 7) is 2.24. The van der Waals surface area contributed by atoms with Gasteiger partial charge in [-0.25, -0.2) is 0 Å². The fourth-order valence-corrected chi connectivity index (χ4v) is 1.93. The highest BCUT2D eigenvalue weighted by molar-refractivity contribution is 7.81. The summed E-state index contributed by atoms with van der Waals surface area (Å²) in [6, 6.07) is 0. The highest BCUT2D eigenvalue weighted by Gasteiger charge is 2.21. The van der Waals surface area contributed by atoms with Gasteiger partial charge in [0.15, 0.2) is 0 Å². The van der Waals surface area contributed by atoms with Crippen molar-refractivity contribution in [1.29, 1.82) is 0 Å². The summed E-state index contributed by atoms with van der Waals surface area (Å²) in [6.07, 6.45) is 2.22. The second kappa shape index (κ2) is 4.86. The van der Waals surface area contributed by atoms with Crippen LogP contribution in [0.15, 0.2) is 0 Å². The Bertz CT molecular complexity index is 184. The lowest BCUT2D eigenvalue weighted by atomic mass is 10.1. The summed E-state index contributed by atoms with van der Waals surface area (Å²) < 4.78 is 0. The zero-order chi connectivity index (χ0) is 9.84. The quantitative estimate of drug-likeness (QED) is 0.658. The van der Waals surface area contributed by atoms with Gasteiger partial charge in [-0.05, 0) is 26.9 Å². The lowest BCUT2D eigenvalue weighted by molar-refractivity contribution is -0.132. The number of likely N-dealkylation sites (tertiary alicyclic amines) is 1. The Morgan fingerprint density at radius 2 is 2.31 bits per heavy atom. The molecule has 1 heterocycles. The Hall–Kier alpha value is -0.220. The topological polar surface area (TPSA) is 23.6 Å². The Kier molecular flexibility index (Phi) is 4.06. The average Bonchev–Trinajstić information content (AvgIpc) is 2.03. The second-order valence-electron chi connectivity index (χ2n) is 3.87. The third kappa shape index (κ3) is 3.56. The predicted molar refractivity (Wildman–Crippen MR) is 57.1 cm³/mol. The summed E-state index contributed by atoms with van der Waals surface area (Å²) in [7, 11) is 3.83. The van der Waals surface area contributed by atoms with Gasteiger partial charge in [0.05, 0.1) is 6.54 Å². The first-order chi connectivity index (χ1) is 6.09. The monoisotopic (exact) mass is 202 g/mol. The molecule has 1 rings (SSSR count). The van der Waals surface area contributed by atoms with E-state index in [0.29, 0.717) is 11.8 Å². The van der Waals surface area contributed by atoms with Gasteiger partial charge in [0.2, 0.25) is 5.91 Å². The van der Waals surface area contributed by atoms with Gasteiger partial charge in [-0.2, -0.15) is 12.6 Å². The van der Waals surface area contributed by atoms with Crippen LogP contribution in [0.4, 0.5) is 0 Å². The standard InChI is InChI=1S/C9H18N2OS/c1-10(2)7-9(12)11-5-3-4-8(13)6-11/h8,13H,3-7H2,1-2H3. The smallest absolute Gasteiger partial charge is 0.236 e. The molecule has 0 aromatic heterocycles. The minimum Gasteiger partial charge on any atom is -0.340 e. The van der Waals surface area contributed by atoms with E-state index in [1.807, 2.05) is 23.9 Å². The van der Waals surface area contributed by atoms with Crippen molar-refractivity contribution >= 4 is 18.5 Å². The maximum atomic E-state index is 11.6. The summed E-state index contributed by atoms with van der Waals surface area (Å²) in [5, 5.41) is 0.375. The highest BCUT2D eigenvalue weighted by atomic mass is 32.1. The van der Waals surface area contributed by atoms with Crippen LogP contribution in [0.2, 0.25) is 0 Å². The number of hydrogen-bond donors (Lipinski definition) is 1. The Morgan fingerprint density at radius 1 is 1.62 bits per heavy atom. The van der Waals surface area contributed by atoms with Crippen molar-refractivity contribution in [3.8, 4) is 0 Å². The Balaban J connectivity index is 2.37. The van der Waals surface area contributed by atoms with E-state index in [0.717, 1.165) is 25.9 Å². The minimum absolute atomic E-state index is 0.226. The van der Waals surface area contributed by atoms with Crippen molar-refractivity contribution < 1.29 is 4.79 Å². The highest BCUT2D eigenvalue weighted by Crippen LogP contribution is 2.14. The number of carbonyl (C=O) groups excluding carboxylic acids is 1. The molecule has 0 spiro atoms. The van der Waals surface area contributed by atoms with Crippen LogP contribution in [0, 0.1) is 0 Å². The number of rotatable bonds is 2. The second-order valence-corrected chi connectivity index (χ2v) is 4.60. The molecule has 0 saturated carbocycles. The van der Waals surface area contributed by atoms with E-state index in [1.54, 1.807) is 0 Å². The largest absolute Gasteiger partial charge is 0.340 e. The molecule has 4 heteroatoms. The first kappa shape index (κ1) is 10.9. The number of amides is 1. The molecule has 1 aliphatic heterocycles. The van der Waals surface area contributed by atoms with Crippen LogP contribution < -0.4 is 0 Å². The van der Waals surface area contributed by atoms with Gasteiger partial charge in [-0.1, -0.05) is 0 Å². The molecule has 1 fully saturated rings. The fourth-order valence-electron chi connectivity index (χ4n) is 1.55. The minimum atomic E-state index is 0.226. The van der Waals surface area contributed by atoms with E-state index in [1.165, 1.54) is 0 Å². The van der Waals surface area contributed by atoms with Gasteiger partial charge < -0.3 is 9.80 Å². The molecule has 3 nitrogen and oxygen atoms in total. The summed E-state index contributed by atoms with van der Waals surface area (Å²) in [5.41, 5.74) is 0. The molecule has 76 valence electrons. The lowest BCUT2D eigenvalue weighted by Gasteiger charge is -2.31. The van der Waals surface area contributed by atoms with E-state index < -0.39 is 0 Å². The van der Waals surface area contributed by atoms with Crippen molar-refractivity contribution in [3.05, 3.63) is 0 Å². The first-order valence-corrected chi connectivity index (χ1v) is 5.22. The van der Waals surface area contributed by atoms with Gasteiger partial charge in [0.1, 0.15) is 0 Å². The molecule has 1 aliphatic rings. The van der Waals surface area contributed by atoms with Crippen molar-refractivity contribution in [2.75, 3.05) is 33.7 Å². The number of nitrogens with zero attached hydrogens (tertiary/aromatic N) is 2. The Morgan fingerprint density at radius 3 is 2.85 bits per heavy atom. The average molecular weight is 202 g/mol. The molecule has 1 atom stereocenters. The molecule has 0 aromatic rings. The number of carbonyl (C=O) groups is 1. The van der Waals surface area contributed by atoms with Gasteiger partial charge in [-0.15, -0.1) is 0 Å². The molecule has 13 heavy (non-hydrogen) atoms.